The van der Waals surface area contributed by atoms with Crippen LogP contribution >= 0.6 is 0 Å². The fraction of sp³-hybridized carbons (Fsp3) is 0.536. The summed E-state index contributed by atoms with van der Waals surface area (Å²) in [6.45, 7) is 7.72. The van der Waals surface area contributed by atoms with Crippen LogP contribution in [0.3, 0.4) is 0 Å². The van der Waals surface area contributed by atoms with E-state index < -0.39 is 11.7 Å². The van der Waals surface area contributed by atoms with Gasteiger partial charge in [0, 0.05) is 57.1 Å². The molecule has 0 bridgehead atoms. The van der Waals surface area contributed by atoms with Gasteiger partial charge in [0.05, 0.1) is 24.3 Å². The lowest BCUT2D eigenvalue weighted by Crippen LogP contribution is -2.61. The number of nitrogens with zero attached hydrogens (tertiary/aromatic N) is 7. The number of rotatable bonds is 5. The van der Waals surface area contributed by atoms with Gasteiger partial charge < -0.3 is 19.9 Å². The molecule has 0 radical (unpaired) electrons. The Kier molecular flexibility index (Phi) is 8.03. The summed E-state index contributed by atoms with van der Waals surface area (Å²) in [5.74, 6) is -0.205. The molecule has 13 heteroatoms. The number of carbonyl (C=O) groups is 3. The van der Waals surface area contributed by atoms with E-state index in [1.807, 2.05) is 25.7 Å². The third-order valence-corrected chi connectivity index (χ3v) is 7.27. The molecule has 13 nitrogen and oxygen atoms in total. The van der Waals surface area contributed by atoms with Crippen molar-refractivity contribution >= 4 is 23.9 Å². The van der Waals surface area contributed by atoms with Crippen molar-refractivity contribution in [1.82, 2.24) is 30.2 Å². The second kappa shape index (κ2) is 11.7. The molecule has 1 atom stereocenters. The third-order valence-electron chi connectivity index (χ3n) is 7.27. The van der Waals surface area contributed by atoms with Gasteiger partial charge in [0.2, 0.25) is 11.9 Å². The van der Waals surface area contributed by atoms with E-state index in [9.17, 15) is 19.6 Å². The number of nitrogens with one attached hydrogen (secondary N) is 1. The maximum atomic E-state index is 13.4. The Labute approximate surface area is 238 Å². The minimum absolute atomic E-state index is 0.0792. The average molecular weight is 563 g/mol. The Morgan fingerprint density at radius 1 is 1.15 bits per heavy atom. The molecule has 0 aliphatic carbocycles. The zero-order valence-corrected chi connectivity index (χ0v) is 23.4. The van der Waals surface area contributed by atoms with Gasteiger partial charge in [-0.05, 0) is 51.3 Å². The number of carbonyl (C=O) groups excluding carboxylic acids is 3. The summed E-state index contributed by atoms with van der Waals surface area (Å²) in [7, 11) is 0. The maximum Gasteiger partial charge on any atom is 0.410 e. The van der Waals surface area contributed by atoms with E-state index in [4.69, 9.17) is 9.57 Å². The standard InChI is InChI=1S/C28H34N8O5/c1-28(2,3)41-27(39)35-16-21(17-35)32-24(37)22-4-8-31-26(33-22)34-9-5-19(6-10-34)25(38)36-23(7-11-40-36)20-12-18(13-29)14-30-15-20/h4,8,12,14-15,19,21,23H,5-7,9-11,16-17H2,1-3H3,(H,32,37)/t23-/m0/s1. The number of pyridine rings is 1. The Hall–Kier alpha value is -4.31. The average Bonchev–Trinajstić information content (AvgIpc) is 3.43. The number of hydrogen-bond acceptors (Lipinski definition) is 10. The zero-order valence-electron chi connectivity index (χ0n) is 23.4. The summed E-state index contributed by atoms with van der Waals surface area (Å²) in [5.41, 5.74) is 0.903. The van der Waals surface area contributed by atoms with Crippen LogP contribution in [0.5, 0.6) is 0 Å². The van der Waals surface area contributed by atoms with Crippen molar-refractivity contribution in [2.75, 3.05) is 37.7 Å². The fourth-order valence-electron chi connectivity index (χ4n) is 5.13. The molecule has 1 N–H and O–H groups in total. The van der Waals surface area contributed by atoms with Crippen molar-refractivity contribution in [1.29, 1.82) is 5.26 Å². The van der Waals surface area contributed by atoms with Gasteiger partial charge in [-0.2, -0.15) is 5.26 Å². The topological polar surface area (TPSA) is 154 Å². The van der Waals surface area contributed by atoms with Crippen LogP contribution in [0.25, 0.3) is 0 Å². The first-order valence-corrected chi connectivity index (χ1v) is 13.8. The summed E-state index contributed by atoms with van der Waals surface area (Å²) in [6.07, 6.45) is 6.14. The molecule has 2 aromatic heterocycles. The first kappa shape index (κ1) is 28.2. The minimum Gasteiger partial charge on any atom is -0.444 e. The van der Waals surface area contributed by atoms with E-state index in [-0.39, 0.29) is 35.5 Å². The highest BCUT2D eigenvalue weighted by Gasteiger charge is 2.38. The molecule has 0 saturated carbocycles. The molecule has 3 saturated heterocycles. The van der Waals surface area contributed by atoms with Crippen molar-refractivity contribution < 1.29 is 24.0 Å². The maximum absolute atomic E-state index is 13.4. The summed E-state index contributed by atoms with van der Waals surface area (Å²) >= 11 is 0. The van der Waals surface area contributed by atoms with E-state index in [0.717, 1.165) is 5.56 Å². The highest BCUT2D eigenvalue weighted by molar-refractivity contribution is 5.93. The molecule has 2 aromatic rings. The van der Waals surface area contributed by atoms with Gasteiger partial charge >= 0.3 is 6.09 Å². The van der Waals surface area contributed by atoms with Gasteiger partial charge in [-0.25, -0.2) is 19.8 Å². The summed E-state index contributed by atoms with van der Waals surface area (Å²) in [6, 6.07) is 4.95. The van der Waals surface area contributed by atoms with Crippen molar-refractivity contribution in [2.45, 2.75) is 57.7 Å². The quantitative estimate of drug-likeness (QED) is 0.574. The molecule has 3 fully saturated rings. The van der Waals surface area contributed by atoms with Crippen LogP contribution in [0, 0.1) is 17.2 Å². The van der Waals surface area contributed by atoms with E-state index >= 15 is 0 Å². The number of hydroxylamine groups is 2. The monoisotopic (exact) mass is 562 g/mol. The van der Waals surface area contributed by atoms with Crippen LogP contribution in [0.1, 0.15) is 67.7 Å². The smallest absolute Gasteiger partial charge is 0.410 e. The molecule has 0 aromatic carbocycles. The number of amides is 3. The lowest BCUT2D eigenvalue weighted by Gasteiger charge is -2.39. The first-order chi connectivity index (χ1) is 19.6. The predicted octanol–water partition coefficient (Wildman–Crippen LogP) is 2.21. The zero-order chi connectivity index (χ0) is 29.1. The molecule has 0 spiro atoms. The number of nitriles is 1. The summed E-state index contributed by atoms with van der Waals surface area (Å²) in [5, 5.41) is 13.6. The molecule has 3 aliphatic heterocycles. The SMILES string of the molecule is CC(C)(C)OC(=O)N1CC(NC(=O)c2ccnc(N3CCC(C(=O)N4OCC[C@H]4c4cncc(C#N)c4)CC3)n2)C1. The van der Waals surface area contributed by atoms with Crippen LogP contribution in [0.4, 0.5) is 10.7 Å². The van der Waals surface area contributed by atoms with E-state index in [0.29, 0.717) is 63.6 Å². The lowest BCUT2D eigenvalue weighted by molar-refractivity contribution is -0.182. The van der Waals surface area contributed by atoms with Crippen molar-refractivity contribution in [2.24, 2.45) is 5.92 Å². The second-order valence-corrected chi connectivity index (χ2v) is 11.5. The summed E-state index contributed by atoms with van der Waals surface area (Å²) in [4.78, 5) is 60.5. The van der Waals surface area contributed by atoms with Gasteiger partial charge in [0.1, 0.15) is 17.4 Å². The van der Waals surface area contributed by atoms with Crippen LogP contribution < -0.4 is 10.2 Å². The molecular weight excluding hydrogens is 528 g/mol. The van der Waals surface area contributed by atoms with Gasteiger partial charge in [0.15, 0.2) is 0 Å². The predicted molar refractivity (Wildman–Crippen MR) is 145 cm³/mol. The van der Waals surface area contributed by atoms with Crippen molar-refractivity contribution in [3.05, 3.63) is 47.5 Å². The molecule has 3 aliphatic rings. The number of piperidine rings is 1. The second-order valence-electron chi connectivity index (χ2n) is 11.5. The Morgan fingerprint density at radius 2 is 1.90 bits per heavy atom. The number of likely N-dealkylation sites (tertiary alicyclic amines) is 1. The number of anilines is 1. The number of aromatic nitrogens is 3. The van der Waals surface area contributed by atoms with Crippen LogP contribution in [0.2, 0.25) is 0 Å². The molecule has 216 valence electrons. The molecular formula is C28H34N8O5. The largest absolute Gasteiger partial charge is 0.444 e. The molecule has 0 unspecified atom stereocenters. The van der Waals surface area contributed by atoms with Gasteiger partial charge in [-0.15, -0.1) is 0 Å². The Balaban J connectivity index is 1.13. The van der Waals surface area contributed by atoms with Crippen molar-refractivity contribution in [3.8, 4) is 6.07 Å². The van der Waals surface area contributed by atoms with Gasteiger partial charge in [-0.1, -0.05) is 0 Å². The van der Waals surface area contributed by atoms with E-state index in [1.54, 1.807) is 29.4 Å². The normalized spacial score (nSPS) is 19.9. The van der Waals surface area contributed by atoms with Gasteiger partial charge in [-0.3, -0.25) is 19.4 Å². The van der Waals surface area contributed by atoms with Crippen LogP contribution in [-0.2, 0) is 14.4 Å². The Morgan fingerprint density at radius 3 is 2.61 bits per heavy atom. The highest BCUT2D eigenvalue weighted by atomic mass is 16.7. The molecule has 41 heavy (non-hydrogen) atoms. The van der Waals surface area contributed by atoms with E-state index in [2.05, 4.69) is 26.3 Å². The van der Waals surface area contributed by atoms with Gasteiger partial charge in [0.25, 0.3) is 5.91 Å². The first-order valence-electron chi connectivity index (χ1n) is 13.8. The lowest BCUT2D eigenvalue weighted by atomic mass is 9.94. The molecule has 3 amide bonds. The molecule has 5 heterocycles. The highest BCUT2D eigenvalue weighted by Crippen LogP contribution is 2.33. The fourth-order valence-corrected chi connectivity index (χ4v) is 5.13. The number of ether oxygens (including phenoxy) is 1. The van der Waals surface area contributed by atoms with Crippen LogP contribution in [0.15, 0.2) is 30.7 Å². The third kappa shape index (κ3) is 6.54. The summed E-state index contributed by atoms with van der Waals surface area (Å²) < 4.78 is 5.35. The minimum atomic E-state index is -0.572. The molecule has 5 rings (SSSR count). The van der Waals surface area contributed by atoms with E-state index in [1.165, 1.54) is 11.3 Å². The van der Waals surface area contributed by atoms with Crippen LogP contribution in [-0.4, -0.2) is 87.3 Å². The van der Waals surface area contributed by atoms with Crippen molar-refractivity contribution in [3.63, 3.8) is 0 Å². The Bertz CT molecular complexity index is 1340. The number of hydrogen-bond donors (Lipinski definition) is 1.